The fourth-order valence-corrected chi connectivity index (χ4v) is 4.50. The third-order valence-electron chi connectivity index (χ3n) is 5.71. The minimum atomic E-state index is -0.458. The predicted molar refractivity (Wildman–Crippen MR) is 112 cm³/mol. The zero-order valence-corrected chi connectivity index (χ0v) is 17.1. The second-order valence-corrected chi connectivity index (χ2v) is 7.91. The van der Waals surface area contributed by atoms with Crippen molar-refractivity contribution < 1.29 is 14.3 Å². The van der Waals surface area contributed by atoms with Crippen molar-refractivity contribution >= 4 is 23.4 Å². The Bertz CT molecular complexity index is 1020. The summed E-state index contributed by atoms with van der Waals surface area (Å²) in [6.07, 6.45) is 1.14. The van der Waals surface area contributed by atoms with Gasteiger partial charge >= 0.3 is 5.97 Å². The largest absolute Gasteiger partial charge is 0.466 e. The number of esters is 1. The molecule has 0 unspecified atom stereocenters. The normalized spacial score (nSPS) is 21.6. The van der Waals surface area contributed by atoms with Crippen LogP contribution in [-0.2, 0) is 14.3 Å². The van der Waals surface area contributed by atoms with E-state index in [1.165, 1.54) is 7.11 Å². The SMILES string of the molecule is COC(=O)C1=C(C)NC2=C(C(=O)C[C@H](c3ccccc3)C2)[C@H]1c1ccc(Cl)cc1. The van der Waals surface area contributed by atoms with E-state index in [1.54, 1.807) is 12.1 Å². The number of allylic oxidation sites excluding steroid dienone is 3. The van der Waals surface area contributed by atoms with Crippen LogP contribution in [0.1, 0.15) is 42.7 Å². The number of halogens is 1. The maximum absolute atomic E-state index is 13.3. The number of methoxy groups -OCH3 is 1. The third kappa shape index (κ3) is 3.60. The predicted octanol–water partition coefficient (Wildman–Crippen LogP) is 4.87. The molecule has 0 saturated heterocycles. The van der Waals surface area contributed by atoms with Gasteiger partial charge in [-0.2, -0.15) is 0 Å². The van der Waals surface area contributed by atoms with E-state index in [1.807, 2.05) is 37.3 Å². The summed E-state index contributed by atoms with van der Waals surface area (Å²) in [5.41, 5.74) is 4.75. The molecule has 0 aromatic heterocycles. The monoisotopic (exact) mass is 407 g/mol. The smallest absolute Gasteiger partial charge is 0.336 e. The molecule has 29 heavy (non-hydrogen) atoms. The summed E-state index contributed by atoms with van der Waals surface area (Å²) in [6, 6.07) is 17.4. The van der Waals surface area contributed by atoms with Crippen LogP contribution in [-0.4, -0.2) is 18.9 Å². The molecule has 1 heterocycles. The van der Waals surface area contributed by atoms with E-state index in [2.05, 4.69) is 17.4 Å². The molecule has 1 N–H and O–H groups in total. The van der Waals surface area contributed by atoms with Crippen molar-refractivity contribution in [1.82, 2.24) is 5.32 Å². The lowest BCUT2D eigenvalue weighted by atomic mass is 9.72. The molecule has 5 heteroatoms. The molecule has 0 saturated carbocycles. The van der Waals surface area contributed by atoms with Crippen molar-refractivity contribution in [3.05, 3.63) is 93.3 Å². The molecule has 1 aliphatic carbocycles. The standard InChI is InChI=1S/C24H22ClNO3/c1-14-21(24(28)29-2)22(16-8-10-18(25)11-9-16)23-19(26-14)12-17(13-20(23)27)15-6-4-3-5-7-15/h3-11,17,22,26H,12-13H2,1-2H3/t17-,22+/m1/s1. The summed E-state index contributed by atoms with van der Waals surface area (Å²) in [4.78, 5) is 25.9. The first-order valence-corrected chi connectivity index (χ1v) is 10.00. The van der Waals surface area contributed by atoms with Crippen LogP contribution in [0.4, 0.5) is 0 Å². The number of hydrogen-bond donors (Lipinski definition) is 1. The lowest BCUT2D eigenvalue weighted by molar-refractivity contribution is -0.136. The van der Waals surface area contributed by atoms with Crippen molar-refractivity contribution in [2.75, 3.05) is 7.11 Å². The summed E-state index contributed by atoms with van der Waals surface area (Å²) < 4.78 is 5.04. The van der Waals surface area contributed by atoms with Crippen LogP contribution in [0.2, 0.25) is 5.02 Å². The molecule has 0 amide bonds. The van der Waals surface area contributed by atoms with Crippen molar-refractivity contribution in [2.45, 2.75) is 31.6 Å². The van der Waals surface area contributed by atoms with Gasteiger partial charge in [0.25, 0.3) is 0 Å². The van der Waals surface area contributed by atoms with Crippen LogP contribution < -0.4 is 5.32 Å². The van der Waals surface area contributed by atoms with Crippen molar-refractivity contribution in [1.29, 1.82) is 0 Å². The lowest BCUT2D eigenvalue weighted by Crippen LogP contribution is -2.36. The summed E-state index contributed by atoms with van der Waals surface area (Å²) in [5, 5.41) is 3.94. The number of ether oxygens (including phenoxy) is 1. The fraction of sp³-hybridized carbons (Fsp3) is 0.250. The first kappa shape index (κ1) is 19.5. The summed E-state index contributed by atoms with van der Waals surface area (Å²) in [5.74, 6) is -0.713. The highest BCUT2D eigenvalue weighted by atomic mass is 35.5. The number of nitrogens with one attached hydrogen (secondary N) is 1. The Morgan fingerprint density at radius 3 is 2.38 bits per heavy atom. The van der Waals surface area contributed by atoms with E-state index < -0.39 is 11.9 Å². The first-order valence-electron chi connectivity index (χ1n) is 9.62. The number of rotatable bonds is 3. The topological polar surface area (TPSA) is 55.4 Å². The highest BCUT2D eigenvalue weighted by Gasteiger charge is 2.41. The van der Waals surface area contributed by atoms with Gasteiger partial charge in [-0.1, -0.05) is 54.1 Å². The van der Waals surface area contributed by atoms with Crippen molar-refractivity contribution in [3.63, 3.8) is 0 Å². The van der Waals surface area contributed by atoms with Crippen LogP contribution in [0.15, 0.2) is 77.1 Å². The van der Waals surface area contributed by atoms with Crippen LogP contribution in [0, 0.1) is 0 Å². The number of ketones is 1. The molecule has 0 fully saturated rings. The van der Waals surface area contributed by atoms with Gasteiger partial charge in [-0.3, -0.25) is 4.79 Å². The van der Waals surface area contributed by atoms with Crippen molar-refractivity contribution in [2.24, 2.45) is 0 Å². The molecule has 4 rings (SSSR count). The first-order chi connectivity index (χ1) is 14.0. The highest BCUT2D eigenvalue weighted by Crippen LogP contribution is 2.45. The molecule has 0 radical (unpaired) electrons. The van der Waals surface area contributed by atoms with Gasteiger partial charge in [-0.25, -0.2) is 4.79 Å². The zero-order valence-electron chi connectivity index (χ0n) is 16.4. The number of Topliss-reactive ketones (excluding diaryl/α,β-unsaturated/α-hetero) is 1. The minimum absolute atomic E-state index is 0.0569. The fourth-order valence-electron chi connectivity index (χ4n) is 4.37. The number of hydrogen-bond acceptors (Lipinski definition) is 4. The third-order valence-corrected chi connectivity index (χ3v) is 5.96. The van der Waals surface area contributed by atoms with E-state index in [9.17, 15) is 9.59 Å². The van der Waals surface area contributed by atoms with Crippen LogP contribution in [0.5, 0.6) is 0 Å². The van der Waals surface area contributed by atoms with Gasteiger partial charge in [-0.15, -0.1) is 0 Å². The van der Waals surface area contributed by atoms with Gasteiger partial charge < -0.3 is 10.1 Å². The Balaban J connectivity index is 1.81. The summed E-state index contributed by atoms with van der Waals surface area (Å²) in [6.45, 7) is 1.86. The molecular weight excluding hydrogens is 386 g/mol. The summed E-state index contributed by atoms with van der Waals surface area (Å²) >= 11 is 6.06. The number of benzene rings is 2. The van der Waals surface area contributed by atoms with Crippen molar-refractivity contribution in [3.8, 4) is 0 Å². The van der Waals surface area contributed by atoms with Gasteiger partial charge in [-0.05, 0) is 42.5 Å². The quantitative estimate of drug-likeness (QED) is 0.737. The van der Waals surface area contributed by atoms with E-state index in [4.69, 9.17) is 16.3 Å². The Hall–Kier alpha value is -2.85. The van der Waals surface area contributed by atoms with E-state index in [0.717, 1.165) is 28.9 Å². The van der Waals surface area contributed by atoms with Crippen LogP contribution >= 0.6 is 11.6 Å². The van der Waals surface area contributed by atoms with Crippen LogP contribution in [0.25, 0.3) is 0 Å². The Morgan fingerprint density at radius 2 is 1.72 bits per heavy atom. The van der Waals surface area contributed by atoms with Crippen LogP contribution in [0.3, 0.4) is 0 Å². The molecule has 2 aromatic rings. The molecule has 0 bridgehead atoms. The van der Waals surface area contributed by atoms with Gasteiger partial charge in [0.05, 0.1) is 12.7 Å². The molecule has 2 aromatic carbocycles. The van der Waals surface area contributed by atoms with Gasteiger partial charge in [0.1, 0.15) is 0 Å². The maximum atomic E-state index is 13.3. The Labute approximate surface area is 175 Å². The second kappa shape index (κ2) is 7.88. The molecular formula is C24H22ClNO3. The van der Waals surface area contributed by atoms with E-state index in [0.29, 0.717) is 22.6 Å². The Kier molecular flexibility index (Phi) is 5.29. The average Bonchev–Trinajstić information content (AvgIpc) is 2.73. The average molecular weight is 408 g/mol. The molecule has 2 aliphatic rings. The molecule has 148 valence electrons. The number of carbonyl (C=O) groups excluding carboxylic acids is 2. The van der Waals surface area contributed by atoms with Gasteiger partial charge in [0.15, 0.2) is 5.78 Å². The highest BCUT2D eigenvalue weighted by molar-refractivity contribution is 6.30. The number of carbonyl (C=O) groups is 2. The van der Waals surface area contributed by atoms with Gasteiger partial charge in [0.2, 0.25) is 0 Å². The van der Waals surface area contributed by atoms with E-state index >= 15 is 0 Å². The molecule has 4 nitrogen and oxygen atoms in total. The second-order valence-electron chi connectivity index (χ2n) is 7.47. The van der Waals surface area contributed by atoms with Gasteiger partial charge in [0, 0.05) is 34.3 Å². The molecule has 2 atom stereocenters. The molecule has 1 aliphatic heterocycles. The molecule has 0 spiro atoms. The summed E-state index contributed by atoms with van der Waals surface area (Å²) in [7, 11) is 1.36. The lowest BCUT2D eigenvalue weighted by Gasteiger charge is -2.36. The van der Waals surface area contributed by atoms with E-state index in [-0.39, 0.29) is 11.7 Å². The maximum Gasteiger partial charge on any atom is 0.336 e. The Morgan fingerprint density at radius 1 is 1.03 bits per heavy atom. The minimum Gasteiger partial charge on any atom is -0.466 e. The number of dihydropyridines is 1. The zero-order chi connectivity index (χ0) is 20.5.